The van der Waals surface area contributed by atoms with Crippen molar-refractivity contribution in [3.8, 4) is 11.5 Å². The smallest absolute Gasteiger partial charge is 0.387 e. The van der Waals surface area contributed by atoms with Crippen LogP contribution in [0.4, 0.5) is 8.78 Å². The Labute approximate surface area is 126 Å². The van der Waals surface area contributed by atoms with E-state index in [-0.39, 0.29) is 11.8 Å². The van der Waals surface area contributed by atoms with Crippen LogP contribution in [0.2, 0.25) is 0 Å². The van der Waals surface area contributed by atoms with Crippen LogP contribution in [0.15, 0.2) is 35.0 Å². The van der Waals surface area contributed by atoms with Crippen molar-refractivity contribution >= 4 is 11.3 Å². The third-order valence-corrected chi connectivity index (χ3v) is 3.80. The standard InChI is InChI=1S/C15H17F2NO2S/c1-10(12-5-6-21-9-12)18-8-11-3-4-13(19-2)14(7-11)20-15(16)17/h3-7,9-10,15,18H,8H2,1-2H3. The molecule has 1 N–H and O–H groups in total. The molecule has 0 aliphatic rings. The molecular weight excluding hydrogens is 296 g/mol. The average Bonchev–Trinajstić information content (AvgIpc) is 2.98. The summed E-state index contributed by atoms with van der Waals surface area (Å²) < 4.78 is 34.2. The second-order valence-corrected chi connectivity index (χ2v) is 5.30. The van der Waals surface area contributed by atoms with Crippen molar-refractivity contribution in [1.82, 2.24) is 5.32 Å². The Morgan fingerprint density at radius 1 is 1.24 bits per heavy atom. The van der Waals surface area contributed by atoms with Gasteiger partial charge >= 0.3 is 6.61 Å². The maximum absolute atomic E-state index is 12.4. The number of hydrogen-bond acceptors (Lipinski definition) is 4. The lowest BCUT2D eigenvalue weighted by Gasteiger charge is -2.15. The number of thiophene rings is 1. The first-order valence-corrected chi connectivity index (χ1v) is 7.41. The van der Waals surface area contributed by atoms with E-state index in [0.717, 1.165) is 5.56 Å². The van der Waals surface area contributed by atoms with E-state index in [1.807, 2.05) is 11.4 Å². The SMILES string of the molecule is COc1ccc(CNC(C)c2ccsc2)cc1OC(F)F. The van der Waals surface area contributed by atoms with Gasteiger partial charge in [0.15, 0.2) is 11.5 Å². The Bertz CT molecular complexity index is 561. The summed E-state index contributed by atoms with van der Waals surface area (Å²) in [5.41, 5.74) is 2.06. The average molecular weight is 313 g/mol. The zero-order valence-corrected chi connectivity index (χ0v) is 12.6. The number of methoxy groups -OCH3 is 1. The summed E-state index contributed by atoms with van der Waals surface area (Å²) in [5.74, 6) is 0.347. The van der Waals surface area contributed by atoms with Crippen LogP contribution in [0.5, 0.6) is 11.5 Å². The van der Waals surface area contributed by atoms with E-state index in [1.165, 1.54) is 12.7 Å². The normalized spacial score (nSPS) is 12.4. The van der Waals surface area contributed by atoms with Gasteiger partial charge < -0.3 is 14.8 Å². The van der Waals surface area contributed by atoms with Crippen molar-refractivity contribution in [2.75, 3.05) is 7.11 Å². The number of ether oxygens (including phenoxy) is 2. The third kappa shape index (κ3) is 4.41. The molecule has 0 fully saturated rings. The lowest BCUT2D eigenvalue weighted by Crippen LogP contribution is -2.17. The monoisotopic (exact) mass is 313 g/mol. The molecule has 21 heavy (non-hydrogen) atoms. The summed E-state index contributed by atoms with van der Waals surface area (Å²) >= 11 is 1.64. The number of nitrogens with one attached hydrogen (secondary N) is 1. The maximum Gasteiger partial charge on any atom is 0.387 e. The summed E-state index contributed by atoms with van der Waals surface area (Å²) in [7, 11) is 1.42. The van der Waals surface area contributed by atoms with Crippen LogP contribution in [-0.2, 0) is 6.54 Å². The van der Waals surface area contributed by atoms with Crippen molar-refractivity contribution in [3.05, 3.63) is 46.2 Å². The maximum atomic E-state index is 12.4. The first kappa shape index (κ1) is 15.7. The van der Waals surface area contributed by atoms with E-state index in [9.17, 15) is 8.78 Å². The Morgan fingerprint density at radius 2 is 2.05 bits per heavy atom. The second kappa shape index (κ2) is 7.38. The van der Waals surface area contributed by atoms with E-state index in [2.05, 4.69) is 28.4 Å². The number of benzene rings is 1. The Balaban J connectivity index is 2.03. The molecule has 1 unspecified atom stereocenters. The molecule has 2 rings (SSSR count). The summed E-state index contributed by atoms with van der Waals surface area (Å²) in [6.07, 6.45) is 0. The van der Waals surface area contributed by atoms with Crippen molar-refractivity contribution in [2.24, 2.45) is 0 Å². The molecule has 0 aliphatic heterocycles. The van der Waals surface area contributed by atoms with Gasteiger partial charge in [-0.1, -0.05) is 6.07 Å². The van der Waals surface area contributed by atoms with Crippen LogP contribution in [0.3, 0.4) is 0 Å². The molecule has 0 saturated carbocycles. The molecule has 1 aromatic carbocycles. The first-order valence-electron chi connectivity index (χ1n) is 6.47. The summed E-state index contributed by atoms with van der Waals surface area (Å²) in [5, 5.41) is 7.45. The van der Waals surface area contributed by atoms with Gasteiger partial charge in [-0.3, -0.25) is 0 Å². The zero-order chi connectivity index (χ0) is 15.2. The molecule has 114 valence electrons. The minimum atomic E-state index is -2.87. The number of hydrogen-bond donors (Lipinski definition) is 1. The van der Waals surface area contributed by atoms with Gasteiger partial charge in [0.05, 0.1) is 7.11 Å². The van der Waals surface area contributed by atoms with E-state index in [0.29, 0.717) is 12.3 Å². The predicted molar refractivity (Wildman–Crippen MR) is 79.2 cm³/mol. The van der Waals surface area contributed by atoms with Crippen LogP contribution in [-0.4, -0.2) is 13.7 Å². The quantitative estimate of drug-likeness (QED) is 0.830. The van der Waals surface area contributed by atoms with Gasteiger partial charge in [-0.25, -0.2) is 0 Å². The van der Waals surface area contributed by atoms with Gasteiger partial charge in [0.25, 0.3) is 0 Å². The zero-order valence-electron chi connectivity index (χ0n) is 11.8. The molecule has 6 heteroatoms. The lowest BCUT2D eigenvalue weighted by atomic mass is 10.1. The van der Waals surface area contributed by atoms with Gasteiger partial charge in [-0.15, -0.1) is 0 Å². The molecule has 0 spiro atoms. The molecule has 0 radical (unpaired) electrons. The second-order valence-electron chi connectivity index (χ2n) is 4.52. The van der Waals surface area contributed by atoms with Crippen molar-refractivity contribution in [2.45, 2.75) is 26.1 Å². The van der Waals surface area contributed by atoms with Crippen molar-refractivity contribution < 1.29 is 18.3 Å². The van der Waals surface area contributed by atoms with Crippen LogP contribution in [0.1, 0.15) is 24.1 Å². The summed E-state index contributed by atoms with van der Waals surface area (Å²) in [6.45, 7) is -0.255. The van der Waals surface area contributed by atoms with Gasteiger partial charge in [-0.2, -0.15) is 20.1 Å². The molecule has 3 nitrogen and oxygen atoms in total. The highest BCUT2D eigenvalue weighted by Crippen LogP contribution is 2.29. The molecule has 0 amide bonds. The fraction of sp³-hybridized carbons (Fsp3) is 0.333. The Hall–Kier alpha value is -1.66. The van der Waals surface area contributed by atoms with Crippen molar-refractivity contribution in [3.63, 3.8) is 0 Å². The summed E-state index contributed by atoms with van der Waals surface area (Å²) in [6, 6.07) is 7.27. The fourth-order valence-electron chi connectivity index (χ4n) is 1.93. The molecule has 1 heterocycles. The minimum absolute atomic E-state index is 0.0509. The lowest BCUT2D eigenvalue weighted by molar-refractivity contribution is -0.0512. The number of halogens is 2. The van der Waals surface area contributed by atoms with E-state index in [4.69, 9.17) is 4.74 Å². The molecule has 1 atom stereocenters. The van der Waals surface area contributed by atoms with Crippen LogP contribution in [0.25, 0.3) is 0 Å². The first-order chi connectivity index (χ1) is 10.1. The highest BCUT2D eigenvalue weighted by atomic mass is 32.1. The molecule has 0 saturated heterocycles. The summed E-state index contributed by atoms with van der Waals surface area (Å²) in [4.78, 5) is 0. The highest BCUT2D eigenvalue weighted by Gasteiger charge is 2.12. The van der Waals surface area contributed by atoms with Gasteiger partial charge in [0.1, 0.15) is 0 Å². The molecule has 0 bridgehead atoms. The van der Waals surface area contributed by atoms with Gasteiger partial charge in [-0.05, 0) is 47.0 Å². The minimum Gasteiger partial charge on any atom is -0.493 e. The van der Waals surface area contributed by atoms with Crippen molar-refractivity contribution in [1.29, 1.82) is 0 Å². The fourth-order valence-corrected chi connectivity index (χ4v) is 2.68. The highest BCUT2D eigenvalue weighted by molar-refractivity contribution is 7.07. The molecule has 2 aromatic rings. The van der Waals surface area contributed by atoms with Crippen LogP contribution >= 0.6 is 11.3 Å². The molecule has 1 aromatic heterocycles. The Morgan fingerprint density at radius 3 is 2.67 bits per heavy atom. The van der Waals surface area contributed by atoms with Crippen LogP contribution in [0, 0.1) is 0 Å². The molecule has 0 aliphatic carbocycles. The number of alkyl halides is 2. The third-order valence-electron chi connectivity index (χ3n) is 3.10. The topological polar surface area (TPSA) is 30.5 Å². The van der Waals surface area contributed by atoms with E-state index >= 15 is 0 Å². The van der Waals surface area contributed by atoms with Crippen LogP contribution < -0.4 is 14.8 Å². The predicted octanol–water partition coefficient (Wildman–Crippen LogP) is 4.21. The van der Waals surface area contributed by atoms with Gasteiger partial charge in [0, 0.05) is 12.6 Å². The van der Waals surface area contributed by atoms with Gasteiger partial charge in [0.2, 0.25) is 0 Å². The largest absolute Gasteiger partial charge is 0.493 e. The Kier molecular flexibility index (Phi) is 5.52. The molecular formula is C15H17F2NO2S. The van der Waals surface area contributed by atoms with E-state index in [1.54, 1.807) is 23.5 Å². The number of rotatable bonds is 7. The van der Waals surface area contributed by atoms with E-state index < -0.39 is 6.61 Å².